The molecule has 1 fully saturated rings. The molecule has 2 heterocycles. The summed E-state index contributed by atoms with van der Waals surface area (Å²) >= 11 is 0. The van der Waals surface area contributed by atoms with Gasteiger partial charge in [-0.25, -0.2) is 4.98 Å². The fraction of sp³-hybridized carbons (Fsp3) is 0.500. The quantitative estimate of drug-likeness (QED) is 0.487. The van der Waals surface area contributed by atoms with Gasteiger partial charge >= 0.3 is 5.97 Å². The van der Waals surface area contributed by atoms with E-state index in [0.717, 1.165) is 37.2 Å². The number of rotatable bonds is 8. The van der Waals surface area contributed by atoms with E-state index in [-0.39, 0.29) is 37.1 Å². The molecule has 176 valence electrons. The second kappa shape index (κ2) is 10.5. The Morgan fingerprint density at radius 2 is 1.94 bits per heavy atom. The number of carbonyl (C=O) groups is 3. The van der Waals surface area contributed by atoms with Gasteiger partial charge in [0.15, 0.2) is 5.95 Å². The Balaban J connectivity index is 1.30. The van der Waals surface area contributed by atoms with Crippen molar-refractivity contribution in [2.24, 2.45) is 5.92 Å². The van der Waals surface area contributed by atoms with Gasteiger partial charge in [-0.05, 0) is 55.6 Å². The zero-order chi connectivity index (χ0) is 23.2. The Morgan fingerprint density at radius 3 is 2.67 bits per heavy atom. The molecule has 0 spiro atoms. The number of nitrogens with one attached hydrogen (secondary N) is 3. The van der Waals surface area contributed by atoms with Gasteiger partial charge in [0.25, 0.3) is 0 Å². The number of fused-ring (bicyclic) bond motifs is 1. The van der Waals surface area contributed by atoms with Crippen molar-refractivity contribution in [2.75, 3.05) is 23.3 Å². The molecular formula is C24H31N5O4. The van der Waals surface area contributed by atoms with E-state index in [0.29, 0.717) is 30.6 Å². The van der Waals surface area contributed by atoms with Crippen LogP contribution in [-0.2, 0) is 14.4 Å². The maximum atomic E-state index is 12.8. The predicted molar refractivity (Wildman–Crippen MR) is 124 cm³/mol. The third-order valence-corrected chi connectivity index (χ3v) is 6.67. The summed E-state index contributed by atoms with van der Waals surface area (Å²) in [5.74, 6) is -0.251. The minimum Gasteiger partial charge on any atom is -0.481 e. The minimum absolute atomic E-state index is 0.0260. The van der Waals surface area contributed by atoms with Crippen LogP contribution >= 0.6 is 0 Å². The lowest BCUT2D eigenvalue weighted by molar-refractivity contribution is -0.137. The topological polar surface area (TPSA) is 127 Å². The SMILES string of the molecule is O=C(O)CC1CCC(=O)N(CC(=O)NCC2CCC(Nc3ncc[nH]3)CC2)c2ccccc21. The Bertz CT molecular complexity index is 969. The van der Waals surface area contributed by atoms with Crippen molar-refractivity contribution in [1.82, 2.24) is 15.3 Å². The van der Waals surface area contributed by atoms with Crippen LogP contribution in [0.25, 0.3) is 0 Å². The van der Waals surface area contributed by atoms with E-state index < -0.39 is 5.97 Å². The van der Waals surface area contributed by atoms with E-state index in [1.165, 1.54) is 4.90 Å². The van der Waals surface area contributed by atoms with Crippen LogP contribution in [0.1, 0.15) is 56.4 Å². The Labute approximate surface area is 193 Å². The third-order valence-electron chi connectivity index (χ3n) is 6.67. The largest absolute Gasteiger partial charge is 0.481 e. The highest BCUT2D eigenvalue weighted by Crippen LogP contribution is 2.36. The third kappa shape index (κ3) is 5.91. The summed E-state index contributed by atoms with van der Waals surface area (Å²) in [4.78, 5) is 45.6. The predicted octanol–water partition coefficient (Wildman–Crippen LogP) is 2.88. The minimum atomic E-state index is -0.887. The van der Waals surface area contributed by atoms with Crippen molar-refractivity contribution in [3.63, 3.8) is 0 Å². The number of carboxylic acid groups (broad SMARTS) is 1. The smallest absolute Gasteiger partial charge is 0.303 e. The van der Waals surface area contributed by atoms with Crippen molar-refractivity contribution in [1.29, 1.82) is 0 Å². The zero-order valence-corrected chi connectivity index (χ0v) is 18.6. The van der Waals surface area contributed by atoms with Gasteiger partial charge in [0.1, 0.15) is 6.54 Å². The van der Waals surface area contributed by atoms with Gasteiger partial charge in [0, 0.05) is 37.1 Å². The fourth-order valence-electron chi connectivity index (χ4n) is 4.90. The number of aromatic nitrogens is 2. The maximum absolute atomic E-state index is 12.8. The van der Waals surface area contributed by atoms with Crippen LogP contribution in [0.2, 0.25) is 0 Å². The van der Waals surface area contributed by atoms with Gasteiger partial charge in [-0.2, -0.15) is 0 Å². The normalized spacial score (nSPS) is 22.8. The number of aromatic amines is 1. The summed E-state index contributed by atoms with van der Waals surface area (Å²) in [6.07, 6.45) is 8.26. The molecule has 0 radical (unpaired) electrons. The maximum Gasteiger partial charge on any atom is 0.303 e. The molecular weight excluding hydrogens is 422 g/mol. The lowest BCUT2D eigenvalue weighted by atomic mass is 9.86. The standard InChI is InChI=1S/C24H31N5O4/c30-21(27-14-16-5-8-18(9-6-16)28-24-25-11-12-26-24)15-29-20-4-2-1-3-19(20)17(13-23(32)33)7-10-22(29)31/h1-4,11-12,16-18H,5-10,13-15H2,(H,27,30)(H,32,33)(H2,25,26,28). The number of carboxylic acids is 1. The van der Waals surface area contributed by atoms with E-state index in [2.05, 4.69) is 20.6 Å². The molecule has 9 nitrogen and oxygen atoms in total. The van der Waals surface area contributed by atoms with Gasteiger partial charge in [-0.1, -0.05) is 18.2 Å². The molecule has 1 aromatic heterocycles. The monoisotopic (exact) mass is 453 g/mol. The molecule has 2 aliphatic rings. The number of aliphatic carboxylic acids is 1. The molecule has 0 bridgehead atoms. The molecule has 9 heteroatoms. The number of imidazole rings is 1. The number of anilines is 2. The highest BCUT2D eigenvalue weighted by Gasteiger charge is 2.30. The second-order valence-electron chi connectivity index (χ2n) is 8.98. The van der Waals surface area contributed by atoms with Crippen molar-refractivity contribution < 1.29 is 19.5 Å². The van der Waals surface area contributed by atoms with E-state index in [1.54, 1.807) is 18.5 Å². The summed E-state index contributed by atoms with van der Waals surface area (Å²) < 4.78 is 0. The van der Waals surface area contributed by atoms with Gasteiger partial charge in [-0.15, -0.1) is 0 Å². The molecule has 0 saturated heterocycles. The van der Waals surface area contributed by atoms with Crippen molar-refractivity contribution in [3.8, 4) is 0 Å². The summed E-state index contributed by atoms with van der Waals surface area (Å²) in [7, 11) is 0. The van der Waals surface area contributed by atoms with Crippen LogP contribution in [0.4, 0.5) is 11.6 Å². The molecule has 4 rings (SSSR count). The van der Waals surface area contributed by atoms with Gasteiger partial charge in [-0.3, -0.25) is 14.4 Å². The molecule has 33 heavy (non-hydrogen) atoms. The van der Waals surface area contributed by atoms with Crippen LogP contribution in [0, 0.1) is 5.92 Å². The number of carbonyl (C=O) groups excluding carboxylic acids is 2. The summed E-state index contributed by atoms with van der Waals surface area (Å²) in [6, 6.07) is 7.71. The zero-order valence-electron chi connectivity index (χ0n) is 18.6. The Morgan fingerprint density at radius 1 is 1.15 bits per heavy atom. The molecule has 2 aromatic rings. The number of amides is 2. The summed E-state index contributed by atoms with van der Waals surface area (Å²) in [5.41, 5.74) is 1.46. The number of para-hydroxylation sites is 1. The molecule has 1 aromatic carbocycles. The van der Waals surface area contributed by atoms with Gasteiger partial charge < -0.3 is 25.6 Å². The number of benzene rings is 1. The Hall–Kier alpha value is -3.36. The first-order valence-corrected chi connectivity index (χ1v) is 11.6. The van der Waals surface area contributed by atoms with Gasteiger partial charge in [0.2, 0.25) is 11.8 Å². The van der Waals surface area contributed by atoms with Crippen molar-refractivity contribution in [3.05, 3.63) is 42.2 Å². The van der Waals surface area contributed by atoms with E-state index in [1.807, 2.05) is 18.2 Å². The van der Waals surface area contributed by atoms with E-state index in [4.69, 9.17) is 0 Å². The van der Waals surface area contributed by atoms with E-state index in [9.17, 15) is 19.5 Å². The molecule has 1 aliphatic heterocycles. The molecule has 1 saturated carbocycles. The fourth-order valence-corrected chi connectivity index (χ4v) is 4.90. The lowest BCUT2D eigenvalue weighted by Crippen LogP contribution is -2.42. The van der Waals surface area contributed by atoms with Crippen LogP contribution < -0.4 is 15.5 Å². The van der Waals surface area contributed by atoms with Crippen LogP contribution in [0.5, 0.6) is 0 Å². The van der Waals surface area contributed by atoms with E-state index >= 15 is 0 Å². The van der Waals surface area contributed by atoms with Crippen molar-refractivity contribution >= 4 is 29.4 Å². The average molecular weight is 454 g/mol. The number of hydrogen-bond acceptors (Lipinski definition) is 5. The average Bonchev–Trinajstić information content (AvgIpc) is 3.28. The molecule has 4 N–H and O–H groups in total. The highest BCUT2D eigenvalue weighted by atomic mass is 16.4. The van der Waals surface area contributed by atoms with Gasteiger partial charge in [0.05, 0.1) is 6.42 Å². The second-order valence-corrected chi connectivity index (χ2v) is 8.98. The number of nitrogens with zero attached hydrogens (tertiary/aromatic N) is 2. The Kier molecular flexibility index (Phi) is 7.26. The molecule has 1 aliphatic carbocycles. The lowest BCUT2D eigenvalue weighted by Gasteiger charge is -2.29. The van der Waals surface area contributed by atoms with Crippen LogP contribution in [0.15, 0.2) is 36.7 Å². The summed E-state index contributed by atoms with van der Waals surface area (Å²) in [6.45, 7) is 0.544. The number of H-pyrrole nitrogens is 1. The van der Waals surface area contributed by atoms with Crippen LogP contribution in [0.3, 0.4) is 0 Å². The molecule has 2 amide bonds. The first-order chi connectivity index (χ1) is 16.0. The first kappa shape index (κ1) is 22.8. The van der Waals surface area contributed by atoms with Crippen molar-refractivity contribution in [2.45, 2.75) is 56.9 Å². The highest BCUT2D eigenvalue weighted by molar-refractivity contribution is 6.00. The molecule has 1 atom stereocenters. The number of hydrogen-bond donors (Lipinski definition) is 4. The first-order valence-electron chi connectivity index (χ1n) is 11.6. The summed E-state index contributed by atoms with van der Waals surface area (Å²) in [5, 5.41) is 15.7. The molecule has 1 unspecified atom stereocenters. The van der Waals surface area contributed by atoms with Crippen LogP contribution in [-0.4, -0.2) is 52.0 Å².